The quantitative estimate of drug-likeness (QED) is 0.534. The Morgan fingerprint density at radius 3 is 2.41 bits per heavy atom. The van der Waals surface area contributed by atoms with Crippen molar-refractivity contribution >= 4 is 25.1 Å². The first kappa shape index (κ1) is 16.4. The third-order valence-electron chi connectivity index (χ3n) is 2.83. The fraction of sp³-hybridized carbons (Fsp3) is 0.133. The summed E-state index contributed by atoms with van der Waals surface area (Å²) in [5.41, 5.74) is 1.85. The van der Waals surface area contributed by atoms with E-state index in [4.69, 9.17) is 19.8 Å². The van der Waals surface area contributed by atoms with Gasteiger partial charge in [0.1, 0.15) is 5.75 Å². The van der Waals surface area contributed by atoms with E-state index in [2.05, 4.69) is 0 Å². The lowest BCUT2D eigenvalue weighted by atomic mass is 10.1. The number of carbonyl (C=O) groups is 1. The van der Waals surface area contributed by atoms with Gasteiger partial charge in [-0.25, -0.2) is 0 Å². The molecule has 0 saturated heterocycles. The Bertz CT molecular complexity index is 630. The standard InChI is InChI=1S/C15H15BO5S/c17-15(18)8-11-4-6-12(7-5-11)10-22-14-3-1-2-13(9-14)21-16(19)20/h1-7,9,19-20H,8,10H2,(H,17,18). The highest BCUT2D eigenvalue weighted by Crippen LogP contribution is 2.26. The molecule has 0 bridgehead atoms. The van der Waals surface area contributed by atoms with Crippen LogP contribution in [0.15, 0.2) is 53.4 Å². The van der Waals surface area contributed by atoms with Gasteiger partial charge in [0.25, 0.3) is 0 Å². The zero-order valence-corrected chi connectivity index (χ0v) is 12.5. The average molecular weight is 318 g/mol. The summed E-state index contributed by atoms with van der Waals surface area (Å²) < 4.78 is 4.80. The van der Waals surface area contributed by atoms with Gasteiger partial charge in [0.2, 0.25) is 0 Å². The molecule has 3 N–H and O–H groups in total. The molecule has 0 amide bonds. The molecule has 0 heterocycles. The lowest BCUT2D eigenvalue weighted by molar-refractivity contribution is -0.136. The van der Waals surface area contributed by atoms with Crippen LogP contribution in [0.25, 0.3) is 0 Å². The van der Waals surface area contributed by atoms with Crippen molar-refractivity contribution in [1.82, 2.24) is 0 Å². The topological polar surface area (TPSA) is 87.0 Å². The van der Waals surface area contributed by atoms with Gasteiger partial charge in [-0.15, -0.1) is 11.8 Å². The second kappa shape index (κ2) is 7.88. The lowest BCUT2D eigenvalue weighted by Gasteiger charge is -2.07. The van der Waals surface area contributed by atoms with Crippen LogP contribution in [-0.2, 0) is 17.0 Å². The zero-order chi connectivity index (χ0) is 15.9. The largest absolute Gasteiger partial charge is 0.707 e. The van der Waals surface area contributed by atoms with E-state index in [1.807, 2.05) is 30.3 Å². The van der Waals surface area contributed by atoms with E-state index in [0.29, 0.717) is 5.75 Å². The third-order valence-corrected chi connectivity index (χ3v) is 3.90. The van der Waals surface area contributed by atoms with E-state index in [0.717, 1.165) is 21.8 Å². The molecule has 7 heteroatoms. The van der Waals surface area contributed by atoms with Gasteiger partial charge >= 0.3 is 13.3 Å². The molecule has 22 heavy (non-hydrogen) atoms. The normalized spacial score (nSPS) is 10.3. The molecule has 0 atom stereocenters. The fourth-order valence-electron chi connectivity index (χ4n) is 1.85. The van der Waals surface area contributed by atoms with Crippen LogP contribution in [0.4, 0.5) is 0 Å². The molecule has 0 aliphatic rings. The van der Waals surface area contributed by atoms with Gasteiger partial charge in [0.15, 0.2) is 0 Å². The third kappa shape index (κ3) is 5.44. The molecule has 2 rings (SSSR count). The summed E-state index contributed by atoms with van der Waals surface area (Å²) in [6.45, 7) is 0. The molecule has 0 saturated carbocycles. The van der Waals surface area contributed by atoms with Crippen molar-refractivity contribution in [3.8, 4) is 5.75 Å². The van der Waals surface area contributed by atoms with Crippen molar-refractivity contribution in [3.63, 3.8) is 0 Å². The van der Waals surface area contributed by atoms with Crippen LogP contribution in [0.3, 0.4) is 0 Å². The number of carboxylic acid groups (broad SMARTS) is 1. The molecule has 2 aromatic rings. The van der Waals surface area contributed by atoms with E-state index in [-0.39, 0.29) is 6.42 Å². The second-order valence-electron chi connectivity index (χ2n) is 4.59. The van der Waals surface area contributed by atoms with Gasteiger partial charge in [0, 0.05) is 10.6 Å². The van der Waals surface area contributed by atoms with Crippen LogP contribution in [0.5, 0.6) is 5.75 Å². The highest BCUT2D eigenvalue weighted by atomic mass is 32.2. The van der Waals surface area contributed by atoms with E-state index >= 15 is 0 Å². The van der Waals surface area contributed by atoms with Gasteiger partial charge in [-0.05, 0) is 29.3 Å². The molecule has 0 unspecified atom stereocenters. The van der Waals surface area contributed by atoms with Gasteiger partial charge < -0.3 is 19.8 Å². The first-order valence-electron chi connectivity index (χ1n) is 6.58. The van der Waals surface area contributed by atoms with Crippen molar-refractivity contribution in [3.05, 3.63) is 59.7 Å². The second-order valence-corrected chi connectivity index (χ2v) is 5.64. The van der Waals surface area contributed by atoms with Crippen LogP contribution in [0.1, 0.15) is 11.1 Å². The first-order chi connectivity index (χ1) is 10.5. The summed E-state index contributed by atoms with van der Waals surface area (Å²) in [5.74, 6) is 0.264. The van der Waals surface area contributed by atoms with Crippen LogP contribution >= 0.6 is 11.8 Å². The molecule has 0 aliphatic carbocycles. The maximum Gasteiger partial charge on any atom is 0.707 e. The van der Waals surface area contributed by atoms with E-state index < -0.39 is 13.3 Å². The maximum absolute atomic E-state index is 10.6. The minimum absolute atomic E-state index is 0.0241. The number of carboxylic acids is 1. The molecule has 2 aromatic carbocycles. The molecule has 0 aromatic heterocycles. The predicted octanol–water partition coefficient (Wildman–Crippen LogP) is 1.95. The van der Waals surface area contributed by atoms with E-state index in [1.165, 1.54) is 0 Å². The highest BCUT2D eigenvalue weighted by Gasteiger charge is 2.11. The molecule has 0 aliphatic heterocycles. The van der Waals surface area contributed by atoms with Crippen LogP contribution in [-0.4, -0.2) is 28.4 Å². The number of aliphatic carboxylic acids is 1. The summed E-state index contributed by atoms with van der Waals surface area (Å²) in [7, 11) is -1.83. The Morgan fingerprint density at radius 1 is 1.09 bits per heavy atom. The number of hydrogen-bond acceptors (Lipinski definition) is 5. The molecule has 114 valence electrons. The first-order valence-corrected chi connectivity index (χ1v) is 7.57. The summed E-state index contributed by atoms with van der Waals surface area (Å²) >= 11 is 1.57. The molecule has 5 nitrogen and oxygen atoms in total. The monoisotopic (exact) mass is 318 g/mol. The van der Waals surface area contributed by atoms with Crippen molar-refractivity contribution in [2.24, 2.45) is 0 Å². The predicted molar refractivity (Wildman–Crippen MR) is 84.6 cm³/mol. The smallest absolute Gasteiger partial charge is 0.512 e. The Morgan fingerprint density at radius 2 is 1.77 bits per heavy atom. The number of hydrogen-bond donors (Lipinski definition) is 3. The van der Waals surface area contributed by atoms with Gasteiger partial charge in [-0.3, -0.25) is 4.79 Å². The van der Waals surface area contributed by atoms with Crippen molar-refractivity contribution < 1.29 is 24.6 Å². The zero-order valence-electron chi connectivity index (χ0n) is 11.7. The minimum Gasteiger partial charge on any atom is -0.512 e. The Kier molecular flexibility index (Phi) is 5.88. The molecular weight excluding hydrogens is 303 g/mol. The lowest BCUT2D eigenvalue weighted by Crippen LogP contribution is -2.20. The fourth-order valence-corrected chi connectivity index (χ4v) is 2.75. The number of thioether (sulfide) groups is 1. The molecule has 0 spiro atoms. The molecule has 0 fully saturated rings. The Hall–Kier alpha value is -1.96. The summed E-state index contributed by atoms with van der Waals surface area (Å²) in [5, 5.41) is 26.3. The highest BCUT2D eigenvalue weighted by molar-refractivity contribution is 7.98. The summed E-state index contributed by atoms with van der Waals surface area (Å²) in [6, 6.07) is 14.5. The minimum atomic E-state index is -1.83. The molecular formula is C15H15BO5S. The Labute approximate surface area is 132 Å². The van der Waals surface area contributed by atoms with E-state index in [9.17, 15) is 4.79 Å². The number of benzene rings is 2. The van der Waals surface area contributed by atoms with Crippen molar-refractivity contribution in [2.75, 3.05) is 0 Å². The van der Waals surface area contributed by atoms with Crippen molar-refractivity contribution in [1.29, 1.82) is 0 Å². The number of rotatable bonds is 7. The average Bonchev–Trinajstić information content (AvgIpc) is 2.46. The van der Waals surface area contributed by atoms with Gasteiger partial charge in [-0.2, -0.15) is 0 Å². The van der Waals surface area contributed by atoms with Crippen molar-refractivity contribution in [2.45, 2.75) is 17.1 Å². The summed E-state index contributed by atoms with van der Waals surface area (Å²) in [4.78, 5) is 11.6. The van der Waals surface area contributed by atoms with Crippen LogP contribution in [0.2, 0.25) is 0 Å². The maximum atomic E-state index is 10.6. The van der Waals surface area contributed by atoms with E-state index in [1.54, 1.807) is 30.0 Å². The Balaban J connectivity index is 1.93. The van der Waals surface area contributed by atoms with Gasteiger partial charge in [0.05, 0.1) is 6.42 Å². The van der Waals surface area contributed by atoms with Gasteiger partial charge in [-0.1, -0.05) is 30.3 Å². The summed E-state index contributed by atoms with van der Waals surface area (Å²) in [6.07, 6.45) is 0.0241. The molecule has 0 radical (unpaired) electrons. The van der Waals surface area contributed by atoms with Crippen LogP contribution in [0, 0.1) is 0 Å². The SMILES string of the molecule is O=C(O)Cc1ccc(CSc2cccc(OB(O)O)c2)cc1. The van der Waals surface area contributed by atoms with Crippen LogP contribution < -0.4 is 4.65 Å².